The lowest BCUT2D eigenvalue weighted by atomic mass is 10.1. The fourth-order valence-electron chi connectivity index (χ4n) is 2.80. The third kappa shape index (κ3) is 6.66. The highest BCUT2D eigenvalue weighted by molar-refractivity contribution is 14.1. The summed E-state index contributed by atoms with van der Waals surface area (Å²) in [5.41, 5.74) is 3.68. The molecule has 1 amide bonds. The maximum absolute atomic E-state index is 14.0. The molecule has 0 aliphatic carbocycles. The molecule has 0 saturated carbocycles. The molecule has 0 heterocycles. The first-order valence-corrected chi connectivity index (χ1v) is 11.2. The lowest BCUT2D eigenvalue weighted by molar-refractivity contribution is 0.0951. The Morgan fingerprint density at radius 2 is 1.97 bits per heavy atom. The SMILES string of the molecule is CCOc1cc(/C=N\NC(=O)c2ccc(C#N)cc2F)cc(Cl)c1OCc1ccc(I)cc1. The van der Waals surface area contributed by atoms with Crippen molar-refractivity contribution in [1.82, 2.24) is 5.43 Å². The summed E-state index contributed by atoms with van der Waals surface area (Å²) in [5.74, 6) is -0.723. The Morgan fingerprint density at radius 3 is 2.64 bits per heavy atom. The van der Waals surface area contributed by atoms with Crippen molar-refractivity contribution in [2.24, 2.45) is 5.10 Å². The molecule has 3 aromatic rings. The summed E-state index contributed by atoms with van der Waals surface area (Å²) in [4.78, 5) is 12.2. The monoisotopic (exact) mass is 577 g/mol. The third-order valence-electron chi connectivity index (χ3n) is 4.35. The molecule has 1 N–H and O–H groups in total. The van der Waals surface area contributed by atoms with E-state index in [-0.39, 0.29) is 11.1 Å². The molecule has 6 nitrogen and oxygen atoms in total. The molecule has 9 heteroatoms. The van der Waals surface area contributed by atoms with Crippen LogP contribution in [0.2, 0.25) is 5.02 Å². The predicted octanol–water partition coefficient (Wildman–Crippen LogP) is 5.70. The van der Waals surface area contributed by atoms with E-state index in [1.807, 2.05) is 37.3 Å². The van der Waals surface area contributed by atoms with E-state index in [0.717, 1.165) is 15.2 Å². The van der Waals surface area contributed by atoms with E-state index in [1.54, 1.807) is 12.1 Å². The lowest BCUT2D eigenvalue weighted by Gasteiger charge is -2.14. The number of nitrogens with one attached hydrogen (secondary N) is 1. The van der Waals surface area contributed by atoms with E-state index >= 15 is 0 Å². The van der Waals surface area contributed by atoms with Crippen LogP contribution in [-0.2, 0) is 6.61 Å². The lowest BCUT2D eigenvalue weighted by Crippen LogP contribution is -2.19. The molecule has 168 valence electrons. The number of hydrazone groups is 1. The molecule has 3 aromatic carbocycles. The van der Waals surface area contributed by atoms with Crippen LogP contribution in [0.1, 0.15) is 34.0 Å². The maximum atomic E-state index is 14.0. The van der Waals surface area contributed by atoms with Crippen molar-refractivity contribution < 1.29 is 18.7 Å². The Bertz CT molecular complexity index is 1230. The third-order valence-corrected chi connectivity index (χ3v) is 5.35. The van der Waals surface area contributed by atoms with Crippen LogP contribution in [0.15, 0.2) is 59.7 Å². The van der Waals surface area contributed by atoms with Gasteiger partial charge in [-0.25, -0.2) is 9.82 Å². The highest BCUT2D eigenvalue weighted by Gasteiger charge is 2.14. The number of nitrogens with zero attached hydrogens (tertiary/aromatic N) is 2. The van der Waals surface area contributed by atoms with E-state index in [1.165, 1.54) is 18.3 Å². The molecule has 0 aromatic heterocycles. The zero-order chi connectivity index (χ0) is 23.8. The highest BCUT2D eigenvalue weighted by Crippen LogP contribution is 2.37. The molecule has 33 heavy (non-hydrogen) atoms. The molecule has 0 radical (unpaired) electrons. The average Bonchev–Trinajstić information content (AvgIpc) is 2.79. The Morgan fingerprint density at radius 1 is 1.21 bits per heavy atom. The first-order valence-electron chi connectivity index (χ1n) is 9.78. The zero-order valence-electron chi connectivity index (χ0n) is 17.4. The van der Waals surface area contributed by atoms with Crippen LogP contribution in [0.3, 0.4) is 0 Å². The highest BCUT2D eigenvalue weighted by atomic mass is 127. The van der Waals surface area contributed by atoms with E-state index in [4.69, 9.17) is 26.3 Å². The van der Waals surface area contributed by atoms with E-state index in [2.05, 4.69) is 33.1 Å². The molecule has 0 atom stereocenters. The van der Waals surface area contributed by atoms with Gasteiger partial charge in [-0.15, -0.1) is 0 Å². The van der Waals surface area contributed by atoms with Gasteiger partial charge < -0.3 is 9.47 Å². The van der Waals surface area contributed by atoms with Gasteiger partial charge in [0, 0.05) is 3.57 Å². The second-order valence-corrected chi connectivity index (χ2v) is 8.34. The van der Waals surface area contributed by atoms with Crippen molar-refractivity contribution in [3.63, 3.8) is 0 Å². The normalized spacial score (nSPS) is 10.6. The molecule has 0 bridgehead atoms. The molecular formula is C24H18ClFIN3O3. The van der Waals surface area contributed by atoms with Crippen LogP contribution in [0.25, 0.3) is 0 Å². The van der Waals surface area contributed by atoms with Crippen molar-refractivity contribution in [3.8, 4) is 17.6 Å². The van der Waals surface area contributed by atoms with Gasteiger partial charge in [0.15, 0.2) is 11.5 Å². The van der Waals surface area contributed by atoms with E-state index < -0.39 is 11.7 Å². The van der Waals surface area contributed by atoms with Gasteiger partial charge >= 0.3 is 0 Å². The zero-order valence-corrected chi connectivity index (χ0v) is 20.4. The summed E-state index contributed by atoms with van der Waals surface area (Å²) in [7, 11) is 0. The summed E-state index contributed by atoms with van der Waals surface area (Å²) in [6.45, 7) is 2.55. The molecule has 0 spiro atoms. The Labute approximate surface area is 209 Å². The number of rotatable bonds is 8. The van der Waals surface area contributed by atoms with Crippen molar-refractivity contribution in [2.45, 2.75) is 13.5 Å². The van der Waals surface area contributed by atoms with Gasteiger partial charge in [0.1, 0.15) is 12.4 Å². The number of carbonyl (C=O) groups excluding carboxylic acids is 1. The van der Waals surface area contributed by atoms with Crippen LogP contribution in [-0.4, -0.2) is 18.7 Å². The molecule has 3 rings (SSSR count). The van der Waals surface area contributed by atoms with Crippen molar-refractivity contribution in [2.75, 3.05) is 6.61 Å². The number of amides is 1. The fourth-order valence-corrected chi connectivity index (χ4v) is 3.43. The smallest absolute Gasteiger partial charge is 0.274 e. The summed E-state index contributed by atoms with van der Waals surface area (Å²) in [6.07, 6.45) is 1.36. The van der Waals surface area contributed by atoms with Gasteiger partial charge in [0.2, 0.25) is 0 Å². The molecule has 0 aliphatic heterocycles. The second-order valence-electron chi connectivity index (χ2n) is 6.68. The number of hydrogen-bond donors (Lipinski definition) is 1. The standard InChI is InChI=1S/C24H18ClFIN3O3/c1-2-32-22-11-17(9-20(25)23(22)33-14-15-3-6-18(27)7-4-15)13-29-30-24(31)19-8-5-16(12-28)10-21(19)26/h3-11,13H,2,14H2,1H3,(H,30,31)/b29-13-. The number of ether oxygens (including phenoxy) is 2. The van der Waals surface area contributed by atoms with Crippen molar-refractivity contribution in [1.29, 1.82) is 5.26 Å². The quantitative estimate of drug-likeness (QED) is 0.212. The van der Waals surface area contributed by atoms with Crippen LogP contribution in [0.5, 0.6) is 11.5 Å². The van der Waals surface area contributed by atoms with Gasteiger partial charge in [-0.3, -0.25) is 4.79 Å². The number of halogens is 3. The topological polar surface area (TPSA) is 83.7 Å². The summed E-state index contributed by atoms with van der Waals surface area (Å²) < 4.78 is 26.7. The van der Waals surface area contributed by atoms with Crippen LogP contribution >= 0.6 is 34.2 Å². The first kappa shape index (κ1) is 24.5. The minimum absolute atomic E-state index is 0.120. The van der Waals surface area contributed by atoms with Gasteiger partial charge in [-0.2, -0.15) is 10.4 Å². The summed E-state index contributed by atoms with van der Waals surface area (Å²) in [5, 5.41) is 13.0. The molecule has 0 unspecified atom stereocenters. The maximum Gasteiger partial charge on any atom is 0.274 e. The minimum atomic E-state index is -0.807. The molecule has 0 fully saturated rings. The Balaban J connectivity index is 1.72. The van der Waals surface area contributed by atoms with Gasteiger partial charge in [-0.1, -0.05) is 23.7 Å². The molecule has 0 saturated heterocycles. The fraction of sp³-hybridized carbons (Fsp3) is 0.125. The molecule has 0 aliphatic rings. The van der Waals surface area contributed by atoms with Crippen molar-refractivity contribution in [3.05, 3.63) is 91.3 Å². The summed E-state index contributed by atoms with van der Waals surface area (Å²) >= 11 is 8.65. The second kappa shape index (κ2) is 11.6. The number of carbonyl (C=O) groups is 1. The Kier molecular flexibility index (Phi) is 8.63. The Hall–Kier alpha value is -3.16. The number of benzene rings is 3. The van der Waals surface area contributed by atoms with Crippen LogP contribution in [0.4, 0.5) is 4.39 Å². The summed E-state index contributed by atoms with van der Waals surface area (Å²) in [6, 6.07) is 16.6. The van der Waals surface area contributed by atoms with Gasteiger partial charge in [0.25, 0.3) is 5.91 Å². The van der Waals surface area contributed by atoms with Gasteiger partial charge in [-0.05, 0) is 83.1 Å². The van der Waals surface area contributed by atoms with Crippen LogP contribution < -0.4 is 14.9 Å². The van der Waals surface area contributed by atoms with Crippen molar-refractivity contribution >= 4 is 46.3 Å². The number of hydrogen-bond acceptors (Lipinski definition) is 5. The number of nitriles is 1. The largest absolute Gasteiger partial charge is 0.490 e. The van der Waals surface area contributed by atoms with Crippen LogP contribution in [0, 0.1) is 20.7 Å². The predicted molar refractivity (Wildman–Crippen MR) is 132 cm³/mol. The minimum Gasteiger partial charge on any atom is -0.490 e. The van der Waals surface area contributed by atoms with E-state index in [9.17, 15) is 9.18 Å². The van der Waals surface area contributed by atoms with Gasteiger partial charge in [0.05, 0.1) is 35.0 Å². The molecular weight excluding hydrogens is 560 g/mol. The average molecular weight is 578 g/mol. The van der Waals surface area contributed by atoms with E-state index in [0.29, 0.717) is 35.3 Å². The first-order chi connectivity index (χ1) is 15.9.